The van der Waals surface area contributed by atoms with Crippen LogP contribution in [0.2, 0.25) is 0 Å². The second kappa shape index (κ2) is 6.04. The lowest BCUT2D eigenvalue weighted by molar-refractivity contribution is 0.199. The Morgan fingerprint density at radius 1 is 1.47 bits per heavy atom. The fourth-order valence-corrected chi connectivity index (χ4v) is 2.34. The molecule has 0 aromatic heterocycles. The van der Waals surface area contributed by atoms with Crippen LogP contribution in [0.25, 0.3) is 0 Å². The first-order valence-electron chi connectivity index (χ1n) is 5.54. The van der Waals surface area contributed by atoms with E-state index < -0.39 is 6.10 Å². The Morgan fingerprint density at radius 3 is 2.59 bits per heavy atom. The second-order valence-corrected chi connectivity index (χ2v) is 5.15. The fourth-order valence-electron chi connectivity index (χ4n) is 1.64. The van der Waals surface area contributed by atoms with Crippen LogP contribution in [0.4, 0.5) is 5.69 Å². The molecule has 0 saturated heterocycles. The summed E-state index contributed by atoms with van der Waals surface area (Å²) in [7, 11) is 1.95. The van der Waals surface area contributed by atoms with Crippen LogP contribution in [0.15, 0.2) is 22.7 Å². The van der Waals surface area contributed by atoms with Crippen molar-refractivity contribution in [2.75, 3.05) is 18.5 Å². The zero-order valence-corrected chi connectivity index (χ0v) is 11.9. The van der Waals surface area contributed by atoms with Crippen LogP contribution in [0.3, 0.4) is 0 Å². The first kappa shape index (κ1) is 14.0. The number of aliphatic hydroxyl groups excluding tert-OH is 1. The Hall–Kier alpha value is -1.05. The van der Waals surface area contributed by atoms with Crippen molar-refractivity contribution < 1.29 is 5.11 Å². The molecular formula is C13H17BrN2O. The predicted octanol–water partition coefficient (Wildman–Crippen LogP) is 3.10. The minimum Gasteiger partial charge on any atom is -0.389 e. The summed E-state index contributed by atoms with van der Waals surface area (Å²) in [6, 6.07) is 7.98. The number of hydrogen-bond donors (Lipinski definition) is 1. The topological polar surface area (TPSA) is 47.3 Å². The van der Waals surface area contributed by atoms with Crippen LogP contribution < -0.4 is 4.90 Å². The van der Waals surface area contributed by atoms with Crippen LogP contribution in [0.1, 0.15) is 25.5 Å². The maximum atomic E-state index is 9.48. The molecule has 0 saturated carbocycles. The largest absolute Gasteiger partial charge is 0.389 e. The highest BCUT2D eigenvalue weighted by atomic mass is 79.9. The summed E-state index contributed by atoms with van der Waals surface area (Å²) in [6.45, 7) is 4.32. The SMILES string of the molecule is CC(C#N)CN(C)c1ccc([C@@H](C)O)cc1Br. The molecule has 4 heteroatoms. The van der Waals surface area contributed by atoms with Gasteiger partial charge in [-0.25, -0.2) is 0 Å². The third-order valence-electron chi connectivity index (χ3n) is 2.63. The van der Waals surface area contributed by atoms with Crippen molar-refractivity contribution in [3.63, 3.8) is 0 Å². The molecule has 1 N–H and O–H groups in total. The summed E-state index contributed by atoms with van der Waals surface area (Å²) in [6.07, 6.45) is -0.469. The quantitative estimate of drug-likeness (QED) is 0.929. The average Bonchev–Trinajstić information content (AvgIpc) is 2.28. The summed E-state index contributed by atoms with van der Waals surface area (Å²) in [4.78, 5) is 2.03. The highest BCUT2D eigenvalue weighted by Gasteiger charge is 2.11. The van der Waals surface area contributed by atoms with E-state index in [1.54, 1.807) is 6.92 Å². The van der Waals surface area contributed by atoms with Crippen molar-refractivity contribution in [2.24, 2.45) is 5.92 Å². The van der Waals surface area contributed by atoms with Gasteiger partial charge < -0.3 is 10.0 Å². The molecule has 92 valence electrons. The third kappa shape index (κ3) is 3.72. The second-order valence-electron chi connectivity index (χ2n) is 4.30. The van der Waals surface area contributed by atoms with Gasteiger partial charge in [-0.05, 0) is 47.5 Å². The van der Waals surface area contributed by atoms with Crippen molar-refractivity contribution in [1.82, 2.24) is 0 Å². The predicted molar refractivity (Wildman–Crippen MR) is 72.8 cm³/mol. The summed E-state index contributed by atoms with van der Waals surface area (Å²) in [5.74, 6) is -0.0108. The Labute approximate surface area is 111 Å². The first-order chi connectivity index (χ1) is 7.95. The lowest BCUT2D eigenvalue weighted by Crippen LogP contribution is -2.23. The molecule has 1 rings (SSSR count). The summed E-state index contributed by atoms with van der Waals surface area (Å²) >= 11 is 3.49. The monoisotopic (exact) mass is 296 g/mol. The number of anilines is 1. The number of rotatable bonds is 4. The Kier molecular flexibility index (Phi) is 4.98. The summed E-state index contributed by atoms with van der Waals surface area (Å²) < 4.78 is 0.934. The van der Waals surface area contributed by atoms with Crippen molar-refractivity contribution in [3.05, 3.63) is 28.2 Å². The van der Waals surface area contributed by atoms with Crippen molar-refractivity contribution in [3.8, 4) is 6.07 Å². The van der Waals surface area contributed by atoms with Crippen LogP contribution in [-0.2, 0) is 0 Å². The van der Waals surface area contributed by atoms with Gasteiger partial charge in [0.25, 0.3) is 0 Å². The van der Waals surface area contributed by atoms with Crippen molar-refractivity contribution in [1.29, 1.82) is 5.26 Å². The highest BCUT2D eigenvalue weighted by Crippen LogP contribution is 2.29. The van der Waals surface area contributed by atoms with Crippen LogP contribution in [0.5, 0.6) is 0 Å². The van der Waals surface area contributed by atoms with Gasteiger partial charge in [0.15, 0.2) is 0 Å². The van der Waals surface area contributed by atoms with E-state index in [2.05, 4.69) is 22.0 Å². The van der Waals surface area contributed by atoms with E-state index in [1.165, 1.54) is 0 Å². The molecule has 3 nitrogen and oxygen atoms in total. The van der Waals surface area contributed by atoms with Gasteiger partial charge in [-0.3, -0.25) is 0 Å². The molecule has 0 radical (unpaired) electrons. The lowest BCUT2D eigenvalue weighted by Gasteiger charge is -2.22. The lowest BCUT2D eigenvalue weighted by atomic mass is 10.1. The van der Waals surface area contributed by atoms with Gasteiger partial charge in [-0.1, -0.05) is 6.07 Å². The molecule has 0 spiro atoms. The normalized spacial score (nSPS) is 13.9. The molecule has 0 aliphatic heterocycles. The third-order valence-corrected chi connectivity index (χ3v) is 3.27. The zero-order chi connectivity index (χ0) is 13.0. The van der Waals surface area contributed by atoms with Gasteiger partial charge in [0, 0.05) is 18.1 Å². The van der Waals surface area contributed by atoms with Crippen LogP contribution in [-0.4, -0.2) is 18.7 Å². The van der Waals surface area contributed by atoms with Gasteiger partial charge in [0.2, 0.25) is 0 Å². The Balaban J connectivity index is 2.89. The van der Waals surface area contributed by atoms with Crippen molar-refractivity contribution >= 4 is 21.6 Å². The fraction of sp³-hybridized carbons (Fsp3) is 0.462. The van der Waals surface area contributed by atoms with Crippen LogP contribution in [0, 0.1) is 17.2 Å². The molecule has 17 heavy (non-hydrogen) atoms. The molecule has 0 aliphatic carbocycles. The summed E-state index contributed by atoms with van der Waals surface area (Å²) in [5.41, 5.74) is 1.90. The zero-order valence-electron chi connectivity index (χ0n) is 10.3. The van der Waals surface area contributed by atoms with E-state index >= 15 is 0 Å². The van der Waals surface area contributed by atoms with E-state index in [0.717, 1.165) is 15.7 Å². The molecule has 0 fully saturated rings. The molecular weight excluding hydrogens is 280 g/mol. The number of benzene rings is 1. The van der Waals surface area contributed by atoms with E-state index in [4.69, 9.17) is 5.26 Å². The number of aliphatic hydroxyl groups is 1. The van der Waals surface area contributed by atoms with Gasteiger partial charge in [-0.15, -0.1) is 0 Å². The average molecular weight is 297 g/mol. The molecule has 1 unspecified atom stereocenters. The van der Waals surface area contributed by atoms with Gasteiger partial charge in [-0.2, -0.15) is 5.26 Å². The Morgan fingerprint density at radius 2 is 2.12 bits per heavy atom. The highest BCUT2D eigenvalue weighted by molar-refractivity contribution is 9.10. The molecule has 2 atom stereocenters. The molecule has 0 heterocycles. The summed E-state index contributed by atoms with van der Waals surface area (Å²) in [5, 5.41) is 18.3. The Bertz CT molecular complexity index is 426. The minimum absolute atomic E-state index is 0.0108. The molecule has 0 amide bonds. The van der Waals surface area contributed by atoms with Gasteiger partial charge >= 0.3 is 0 Å². The number of halogens is 1. The van der Waals surface area contributed by atoms with E-state index in [0.29, 0.717) is 6.54 Å². The maximum absolute atomic E-state index is 9.48. The molecule has 1 aromatic carbocycles. The first-order valence-corrected chi connectivity index (χ1v) is 6.33. The van der Waals surface area contributed by atoms with E-state index in [1.807, 2.05) is 37.1 Å². The molecule has 0 bridgehead atoms. The van der Waals surface area contributed by atoms with Crippen molar-refractivity contribution in [2.45, 2.75) is 20.0 Å². The van der Waals surface area contributed by atoms with Gasteiger partial charge in [0.05, 0.1) is 23.8 Å². The molecule has 1 aromatic rings. The van der Waals surface area contributed by atoms with E-state index in [-0.39, 0.29) is 5.92 Å². The van der Waals surface area contributed by atoms with Crippen LogP contribution >= 0.6 is 15.9 Å². The number of hydrogen-bond acceptors (Lipinski definition) is 3. The molecule has 0 aliphatic rings. The van der Waals surface area contributed by atoms with E-state index in [9.17, 15) is 5.11 Å². The van der Waals surface area contributed by atoms with Gasteiger partial charge in [0.1, 0.15) is 0 Å². The number of nitrogens with zero attached hydrogens (tertiary/aromatic N) is 2. The standard InChI is InChI=1S/C13H17BrN2O/c1-9(7-15)8-16(3)13-5-4-11(10(2)17)6-12(13)14/h4-6,9-10,17H,8H2,1-3H3/t9?,10-/m1/s1. The smallest absolute Gasteiger partial charge is 0.0762 e. The minimum atomic E-state index is -0.469. The maximum Gasteiger partial charge on any atom is 0.0762 e. The number of nitriles is 1.